The molecule has 0 N–H and O–H groups in total. The van der Waals surface area contributed by atoms with E-state index in [-0.39, 0.29) is 12.8 Å². The highest BCUT2D eigenvalue weighted by Crippen LogP contribution is 2.41. The van der Waals surface area contributed by atoms with Crippen molar-refractivity contribution in [3.05, 3.63) is 59.3 Å². The topological polar surface area (TPSA) is 21.7 Å². The average Bonchev–Trinajstić information content (AvgIpc) is 3.09. The van der Waals surface area contributed by atoms with Crippen LogP contribution in [0.1, 0.15) is 17.2 Å². The normalized spacial score (nSPS) is 20.0. The molecule has 25 heavy (non-hydrogen) atoms. The van der Waals surface area contributed by atoms with Crippen LogP contribution in [-0.4, -0.2) is 19.1 Å². The molecule has 131 valence electrons. The summed E-state index contributed by atoms with van der Waals surface area (Å²) in [5.41, 5.74) is 1.21. The second-order valence-electron chi connectivity index (χ2n) is 5.83. The SMILES string of the molecule is FC(F)(F)c1ccc([C@H]2CS[CH]CN2c2ccc3c(c2)OCO3)cc1. The number of benzene rings is 2. The van der Waals surface area contributed by atoms with Gasteiger partial charge < -0.3 is 14.4 Å². The quantitative estimate of drug-likeness (QED) is 0.754. The van der Waals surface area contributed by atoms with Crippen LogP contribution < -0.4 is 14.4 Å². The fourth-order valence-electron chi connectivity index (χ4n) is 3.03. The molecule has 2 aliphatic rings. The molecule has 0 aliphatic carbocycles. The van der Waals surface area contributed by atoms with Crippen molar-refractivity contribution in [1.82, 2.24) is 0 Å². The van der Waals surface area contributed by atoms with Gasteiger partial charge in [0.05, 0.1) is 11.6 Å². The van der Waals surface area contributed by atoms with Gasteiger partial charge in [-0.25, -0.2) is 0 Å². The third-order valence-electron chi connectivity index (χ3n) is 4.33. The summed E-state index contributed by atoms with van der Waals surface area (Å²) in [6.45, 7) is 0.916. The Balaban J connectivity index is 1.63. The Labute approximate surface area is 147 Å². The summed E-state index contributed by atoms with van der Waals surface area (Å²) in [5.74, 6) is 4.29. The number of hydrogen-bond acceptors (Lipinski definition) is 4. The van der Waals surface area contributed by atoms with Crippen LogP contribution in [0.5, 0.6) is 11.5 Å². The number of thioether (sulfide) groups is 1. The molecule has 2 heterocycles. The Morgan fingerprint density at radius 1 is 1.00 bits per heavy atom. The highest BCUT2D eigenvalue weighted by Gasteiger charge is 2.31. The monoisotopic (exact) mass is 366 g/mol. The van der Waals surface area contributed by atoms with Gasteiger partial charge in [-0.15, -0.1) is 0 Å². The van der Waals surface area contributed by atoms with E-state index in [1.165, 1.54) is 0 Å². The molecule has 2 aliphatic heterocycles. The van der Waals surface area contributed by atoms with Crippen LogP contribution in [0.15, 0.2) is 42.5 Å². The lowest BCUT2D eigenvalue weighted by Crippen LogP contribution is -2.34. The largest absolute Gasteiger partial charge is 0.454 e. The standard InChI is InChI=1S/C18H15F3NO2S/c19-18(20,21)13-3-1-12(2-4-13)15-10-25-8-7-22(15)14-5-6-16-17(9-14)24-11-23-16/h1-6,8-9,15H,7,10-11H2/t15-/m1/s1. The molecular formula is C18H15F3NO2S. The number of fused-ring (bicyclic) bond motifs is 1. The van der Waals surface area contributed by atoms with E-state index in [1.807, 2.05) is 18.2 Å². The molecule has 1 fully saturated rings. The molecule has 1 radical (unpaired) electrons. The molecule has 0 bridgehead atoms. The predicted molar refractivity (Wildman–Crippen MR) is 90.9 cm³/mol. The lowest BCUT2D eigenvalue weighted by atomic mass is 10.0. The van der Waals surface area contributed by atoms with E-state index in [0.717, 1.165) is 29.1 Å². The molecule has 4 rings (SSSR count). The van der Waals surface area contributed by atoms with Crippen LogP contribution in [0.2, 0.25) is 0 Å². The zero-order chi connectivity index (χ0) is 17.4. The molecule has 0 saturated carbocycles. The van der Waals surface area contributed by atoms with Gasteiger partial charge in [-0.1, -0.05) is 12.1 Å². The van der Waals surface area contributed by atoms with Crippen molar-refractivity contribution in [2.75, 3.05) is 24.0 Å². The number of alkyl halides is 3. The molecule has 2 aromatic rings. The zero-order valence-electron chi connectivity index (χ0n) is 13.1. The minimum absolute atomic E-state index is 0.00217. The molecule has 1 atom stereocenters. The fourth-order valence-corrected chi connectivity index (χ4v) is 3.99. The first kappa shape index (κ1) is 16.4. The van der Waals surface area contributed by atoms with E-state index >= 15 is 0 Å². The second-order valence-corrected chi connectivity index (χ2v) is 6.83. The number of nitrogens with zero attached hydrogens (tertiary/aromatic N) is 1. The Hall–Kier alpha value is -2.02. The molecule has 0 spiro atoms. The first-order chi connectivity index (χ1) is 12.0. The van der Waals surface area contributed by atoms with E-state index in [0.29, 0.717) is 18.0 Å². The number of ether oxygens (including phenoxy) is 2. The van der Waals surface area contributed by atoms with E-state index in [2.05, 4.69) is 10.7 Å². The molecule has 0 unspecified atom stereocenters. The Morgan fingerprint density at radius 3 is 2.52 bits per heavy atom. The minimum atomic E-state index is -4.31. The highest BCUT2D eigenvalue weighted by molar-refractivity contribution is 8.01. The number of halogens is 3. The van der Waals surface area contributed by atoms with Crippen molar-refractivity contribution in [3.8, 4) is 11.5 Å². The van der Waals surface area contributed by atoms with Gasteiger partial charge in [0, 0.05) is 29.8 Å². The van der Waals surface area contributed by atoms with Crippen molar-refractivity contribution in [2.45, 2.75) is 12.2 Å². The van der Waals surface area contributed by atoms with Gasteiger partial charge in [0.2, 0.25) is 6.79 Å². The van der Waals surface area contributed by atoms with E-state index in [4.69, 9.17) is 9.47 Å². The van der Waals surface area contributed by atoms with Crippen LogP contribution in [0.25, 0.3) is 0 Å². The lowest BCUT2D eigenvalue weighted by molar-refractivity contribution is -0.137. The van der Waals surface area contributed by atoms with Gasteiger partial charge >= 0.3 is 6.18 Å². The molecule has 3 nitrogen and oxygen atoms in total. The van der Waals surface area contributed by atoms with Crippen molar-refractivity contribution < 1.29 is 22.6 Å². The summed E-state index contributed by atoms with van der Waals surface area (Å²) < 4.78 is 49.1. The molecule has 0 aromatic heterocycles. The van der Waals surface area contributed by atoms with Crippen molar-refractivity contribution in [2.24, 2.45) is 0 Å². The first-order valence-electron chi connectivity index (χ1n) is 7.79. The Morgan fingerprint density at radius 2 is 1.76 bits per heavy atom. The average molecular weight is 366 g/mol. The number of hydrogen-bond donors (Lipinski definition) is 0. The van der Waals surface area contributed by atoms with Gasteiger partial charge in [-0.2, -0.15) is 24.9 Å². The van der Waals surface area contributed by atoms with Gasteiger partial charge in [0.25, 0.3) is 0 Å². The summed E-state index contributed by atoms with van der Waals surface area (Å²) in [5, 5.41) is 0. The Kier molecular flexibility index (Phi) is 4.19. The first-order valence-corrected chi connectivity index (χ1v) is 8.84. The van der Waals surface area contributed by atoms with Gasteiger partial charge in [-0.3, -0.25) is 0 Å². The maximum absolute atomic E-state index is 12.8. The third-order valence-corrected chi connectivity index (χ3v) is 5.22. The second kappa shape index (κ2) is 6.37. The Bertz CT molecular complexity index is 764. The third kappa shape index (κ3) is 3.25. The van der Waals surface area contributed by atoms with Crippen LogP contribution in [0.4, 0.5) is 18.9 Å². The fraction of sp³-hybridized carbons (Fsp3) is 0.278. The maximum Gasteiger partial charge on any atom is 0.416 e. The number of anilines is 1. The summed E-state index contributed by atoms with van der Waals surface area (Å²) in [6.07, 6.45) is -4.31. The minimum Gasteiger partial charge on any atom is -0.454 e. The molecule has 1 saturated heterocycles. The van der Waals surface area contributed by atoms with Crippen LogP contribution in [-0.2, 0) is 6.18 Å². The molecule has 0 amide bonds. The molecule has 2 aromatic carbocycles. The smallest absolute Gasteiger partial charge is 0.416 e. The summed E-state index contributed by atoms with van der Waals surface area (Å²) in [7, 11) is 0. The summed E-state index contributed by atoms with van der Waals surface area (Å²) in [6, 6.07) is 11.2. The van der Waals surface area contributed by atoms with Gasteiger partial charge in [0.15, 0.2) is 11.5 Å². The van der Waals surface area contributed by atoms with Gasteiger partial charge in [-0.05, 0) is 29.8 Å². The van der Waals surface area contributed by atoms with Gasteiger partial charge in [0.1, 0.15) is 0 Å². The number of rotatable bonds is 2. The van der Waals surface area contributed by atoms with Crippen molar-refractivity contribution >= 4 is 17.4 Å². The van der Waals surface area contributed by atoms with Crippen LogP contribution in [0.3, 0.4) is 0 Å². The van der Waals surface area contributed by atoms with Crippen LogP contribution >= 0.6 is 11.8 Å². The summed E-state index contributed by atoms with van der Waals surface area (Å²) >= 11 is 1.69. The van der Waals surface area contributed by atoms with E-state index in [9.17, 15) is 13.2 Å². The van der Waals surface area contributed by atoms with Crippen molar-refractivity contribution in [3.63, 3.8) is 0 Å². The summed E-state index contributed by atoms with van der Waals surface area (Å²) in [4.78, 5) is 2.17. The molecular weight excluding hydrogens is 351 g/mol. The zero-order valence-corrected chi connectivity index (χ0v) is 13.9. The predicted octanol–water partition coefficient (Wildman–Crippen LogP) is 4.89. The maximum atomic E-state index is 12.8. The van der Waals surface area contributed by atoms with Crippen molar-refractivity contribution in [1.29, 1.82) is 0 Å². The van der Waals surface area contributed by atoms with E-state index < -0.39 is 11.7 Å². The molecule has 7 heteroatoms. The van der Waals surface area contributed by atoms with E-state index in [1.54, 1.807) is 23.9 Å². The van der Waals surface area contributed by atoms with Crippen LogP contribution in [0, 0.1) is 5.75 Å². The highest BCUT2D eigenvalue weighted by atomic mass is 32.2. The lowest BCUT2D eigenvalue weighted by Gasteiger charge is -2.37.